The van der Waals surface area contributed by atoms with Crippen molar-refractivity contribution in [3.05, 3.63) is 18.2 Å². The first-order valence-corrected chi connectivity index (χ1v) is 6.56. The van der Waals surface area contributed by atoms with Gasteiger partial charge in [-0.3, -0.25) is 0 Å². The minimum atomic E-state index is 0.479. The van der Waals surface area contributed by atoms with Crippen LogP contribution >= 0.6 is 0 Å². The van der Waals surface area contributed by atoms with E-state index in [1.54, 1.807) is 0 Å². The Morgan fingerprint density at radius 2 is 2.29 bits per heavy atom. The minimum absolute atomic E-state index is 0.479. The highest BCUT2D eigenvalue weighted by atomic mass is 16.5. The first-order valence-electron chi connectivity index (χ1n) is 6.56. The molecule has 1 aliphatic rings. The second-order valence-corrected chi connectivity index (χ2v) is 5.01. The zero-order chi connectivity index (χ0) is 12.3. The van der Waals surface area contributed by atoms with E-state index in [1.165, 1.54) is 5.69 Å². The molecule has 1 aromatic heterocycles. The van der Waals surface area contributed by atoms with E-state index in [1.807, 2.05) is 12.5 Å². The number of rotatable bonds is 6. The topological polar surface area (TPSA) is 39.1 Å². The van der Waals surface area contributed by atoms with Crippen LogP contribution in [-0.4, -0.2) is 28.3 Å². The molecule has 0 aliphatic heterocycles. The van der Waals surface area contributed by atoms with Gasteiger partial charge in [-0.05, 0) is 33.6 Å². The van der Waals surface area contributed by atoms with Crippen molar-refractivity contribution < 1.29 is 4.74 Å². The predicted octanol–water partition coefficient (Wildman–Crippen LogP) is 2.12. The number of imidazole rings is 1. The van der Waals surface area contributed by atoms with E-state index in [9.17, 15) is 0 Å². The van der Waals surface area contributed by atoms with E-state index in [-0.39, 0.29) is 0 Å². The van der Waals surface area contributed by atoms with E-state index < -0.39 is 0 Å². The van der Waals surface area contributed by atoms with E-state index in [0.717, 1.165) is 26.0 Å². The van der Waals surface area contributed by atoms with Crippen molar-refractivity contribution in [1.82, 2.24) is 14.9 Å². The Bertz CT molecular complexity index is 342. The predicted molar refractivity (Wildman–Crippen MR) is 67.9 cm³/mol. The second kappa shape index (κ2) is 5.65. The Morgan fingerprint density at radius 1 is 1.53 bits per heavy atom. The number of nitrogens with zero attached hydrogens (tertiary/aromatic N) is 2. The summed E-state index contributed by atoms with van der Waals surface area (Å²) in [6.07, 6.45) is 6.62. The van der Waals surface area contributed by atoms with Gasteiger partial charge in [-0.1, -0.05) is 0 Å². The van der Waals surface area contributed by atoms with Gasteiger partial charge in [0.15, 0.2) is 0 Å². The van der Waals surface area contributed by atoms with Gasteiger partial charge in [-0.25, -0.2) is 4.98 Å². The summed E-state index contributed by atoms with van der Waals surface area (Å²) in [5, 5.41) is 3.56. The third kappa shape index (κ3) is 3.07. The highest BCUT2D eigenvalue weighted by molar-refractivity contribution is 5.00. The summed E-state index contributed by atoms with van der Waals surface area (Å²) in [5.41, 5.74) is 1.26. The fraction of sp³-hybridized carbons (Fsp3) is 0.769. The molecular weight excluding hydrogens is 214 g/mol. The van der Waals surface area contributed by atoms with Gasteiger partial charge in [-0.15, -0.1) is 0 Å². The Kier molecular flexibility index (Phi) is 4.18. The minimum Gasteiger partial charge on any atom is -0.378 e. The molecule has 96 valence electrons. The van der Waals surface area contributed by atoms with Crippen molar-refractivity contribution >= 4 is 0 Å². The van der Waals surface area contributed by atoms with Gasteiger partial charge in [0.1, 0.15) is 0 Å². The zero-order valence-electron chi connectivity index (χ0n) is 11.0. The zero-order valence-corrected chi connectivity index (χ0v) is 11.0. The molecule has 0 spiro atoms. The van der Waals surface area contributed by atoms with Gasteiger partial charge in [0, 0.05) is 31.4 Å². The molecule has 0 amide bonds. The molecule has 17 heavy (non-hydrogen) atoms. The van der Waals surface area contributed by atoms with Crippen molar-refractivity contribution in [3.8, 4) is 0 Å². The first kappa shape index (κ1) is 12.6. The van der Waals surface area contributed by atoms with Crippen LogP contribution in [0.1, 0.15) is 45.3 Å². The molecule has 0 unspecified atom stereocenters. The van der Waals surface area contributed by atoms with Crippen LogP contribution in [0.4, 0.5) is 0 Å². The van der Waals surface area contributed by atoms with Gasteiger partial charge >= 0.3 is 0 Å². The fourth-order valence-electron chi connectivity index (χ4n) is 2.29. The first-order chi connectivity index (χ1) is 8.20. The maximum Gasteiger partial charge on any atom is 0.0951 e. The van der Waals surface area contributed by atoms with Crippen molar-refractivity contribution in [1.29, 1.82) is 0 Å². The molecule has 1 aliphatic carbocycles. The molecule has 2 rings (SSSR count). The Labute approximate surface area is 103 Å². The third-order valence-corrected chi connectivity index (χ3v) is 3.37. The molecule has 0 radical (unpaired) electrons. The molecule has 1 aromatic rings. The van der Waals surface area contributed by atoms with E-state index >= 15 is 0 Å². The summed E-state index contributed by atoms with van der Waals surface area (Å²) < 4.78 is 7.76. The van der Waals surface area contributed by atoms with Crippen LogP contribution < -0.4 is 5.32 Å². The molecule has 1 heterocycles. The molecular formula is C13H23N3O. The molecule has 4 nitrogen and oxygen atoms in total. The quantitative estimate of drug-likeness (QED) is 0.823. The van der Waals surface area contributed by atoms with Crippen LogP contribution in [0.5, 0.6) is 0 Å². The molecule has 1 saturated carbocycles. The average molecular weight is 237 g/mol. The van der Waals surface area contributed by atoms with E-state index in [0.29, 0.717) is 18.2 Å². The van der Waals surface area contributed by atoms with Crippen LogP contribution in [0.15, 0.2) is 12.5 Å². The fourth-order valence-corrected chi connectivity index (χ4v) is 2.29. The number of ether oxygens (including phenoxy) is 1. The van der Waals surface area contributed by atoms with Crippen LogP contribution in [0.25, 0.3) is 0 Å². The molecule has 0 atom stereocenters. The van der Waals surface area contributed by atoms with Crippen molar-refractivity contribution in [2.24, 2.45) is 0 Å². The van der Waals surface area contributed by atoms with Gasteiger partial charge in [0.25, 0.3) is 0 Å². The van der Waals surface area contributed by atoms with Gasteiger partial charge < -0.3 is 14.6 Å². The van der Waals surface area contributed by atoms with Crippen molar-refractivity contribution in [2.75, 3.05) is 6.61 Å². The summed E-state index contributed by atoms with van der Waals surface area (Å²) >= 11 is 0. The van der Waals surface area contributed by atoms with Crippen LogP contribution in [-0.2, 0) is 11.3 Å². The highest BCUT2D eigenvalue weighted by Gasteiger charge is 2.29. The van der Waals surface area contributed by atoms with Crippen LogP contribution in [0.2, 0.25) is 0 Å². The molecule has 0 bridgehead atoms. The molecule has 1 fully saturated rings. The SMILES string of the molecule is CCOC1CC(NCc2cncn2C(C)C)C1. The smallest absolute Gasteiger partial charge is 0.0951 e. The number of hydrogen-bond acceptors (Lipinski definition) is 3. The Hall–Kier alpha value is -0.870. The normalized spacial score (nSPS) is 24.0. The number of nitrogens with one attached hydrogen (secondary N) is 1. The summed E-state index contributed by atoms with van der Waals surface area (Å²) in [6.45, 7) is 8.15. The Balaban J connectivity index is 1.74. The van der Waals surface area contributed by atoms with Gasteiger partial charge in [-0.2, -0.15) is 0 Å². The number of hydrogen-bond donors (Lipinski definition) is 1. The summed E-state index contributed by atoms with van der Waals surface area (Å²) in [6, 6.07) is 1.09. The third-order valence-electron chi connectivity index (χ3n) is 3.37. The summed E-state index contributed by atoms with van der Waals surface area (Å²) in [7, 11) is 0. The lowest BCUT2D eigenvalue weighted by Crippen LogP contribution is -2.45. The van der Waals surface area contributed by atoms with E-state index in [2.05, 4.69) is 35.6 Å². The lowest BCUT2D eigenvalue weighted by atomic mass is 9.89. The van der Waals surface area contributed by atoms with Crippen LogP contribution in [0, 0.1) is 0 Å². The van der Waals surface area contributed by atoms with Crippen LogP contribution in [0.3, 0.4) is 0 Å². The van der Waals surface area contributed by atoms with Crippen molar-refractivity contribution in [2.45, 2.75) is 58.3 Å². The Morgan fingerprint density at radius 3 is 2.94 bits per heavy atom. The van der Waals surface area contributed by atoms with Gasteiger partial charge in [0.05, 0.1) is 18.1 Å². The molecule has 0 aromatic carbocycles. The largest absolute Gasteiger partial charge is 0.378 e. The van der Waals surface area contributed by atoms with Crippen molar-refractivity contribution in [3.63, 3.8) is 0 Å². The lowest BCUT2D eigenvalue weighted by molar-refractivity contribution is -0.0103. The number of aromatic nitrogens is 2. The molecule has 1 N–H and O–H groups in total. The maximum atomic E-state index is 5.55. The van der Waals surface area contributed by atoms with E-state index in [4.69, 9.17) is 4.74 Å². The second-order valence-electron chi connectivity index (χ2n) is 5.01. The lowest BCUT2D eigenvalue weighted by Gasteiger charge is -2.35. The van der Waals surface area contributed by atoms with Gasteiger partial charge in [0.2, 0.25) is 0 Å². The monoisotopic (exact) mass is 237 g/mol. The molecule has 0 saturated heterocycles. The summed E-state index contributed by atoms with van der Waals surface area (Å²) in [5.74, 6) is 0. The standard InChI is InChI=1S/C13H23N3O/c1-4-17-13-5-11(6-13)15-8-12-7-14-9-16(12)10(2)3/h7,9-11,13,15H,4-6,8H2,1-3H3. The highest BCUT2D eigenvalue weighted by Crippen LogP contribution is 2.23. The average Bonchev–Trinajstić information content (AvgIpc) is 2.69. The molecule has 4 heteroatoms. The maximum absolute atomic E-state index is 5.55. The summed E-state index contributed by atoms with van der Waals surface area (Å²) in [4.78, 5) is 4.21.